The van der Waals surface area contributed by atoms with Crippen molar-refractivity contribution in [3.05, 3.63) is 84.7 Å². The van der Waals surface area contributed by atoms with Gasteiger partial charge in [0.25, 0.3) is 0 Å². The number of rotatable bonds is 6. The van der Waals surface area contributed by atoms with Crippen molar-refractivity contribution in [3.63, 3.8) is 0 Å². The fourth-order valence-electron chi connectivity index (χ4n) is 2.83. The van der Waals surface area contributed by atoms with Gasteiger partial charge in [0.1, 0.15) is 0 Å². The summed E-state index contributed by atoms with van der Waals surface area (Å²) in [7, 11) is 4.07. The van der Waals surface area contributed by atoms with Crippen molar-refractivity contribution in [2.75, 3.05) is 19.0 Å². The van der Waals surface area contributed by atoms with Crippen LogP contribution in [0.1, 0.15) is 12.6 Å². The van der Waals surface area contributed by atoms with Crippen LogP contribution in [0.2, 0.25) is 0 Å². The van der Waals surface area contributed by atoms with Gasteiger partial charge in [0.2, 0.25) is 0 Å². The predicted molar refractivity (Wildman–Crippen MR) is 120 cm³/mol. The van der Waals surface area contributed by atoms with Gasteiger partial charge in [0, 0.05) is 26.0 Å². The summed E-state index contributed by atoms with van der Waals surface area (Å²) < 4.78 is 0. The molecule has 0 bridgehead atoms. The average Bonchev–Trinajstić information content (AvgIpc) is 2.75. The Hall–Kier alpha value is -3.53. The normalized spacial score (nSPS) is 11.6. The van der Waals surface area contributed by atoms with Crippen LogP contribution in [0.4, 0.5) is 5.69 Å². The molecule has 0 atom stereocenters. The molecule has 1 aromatic carbocycles. The van der Waals surface area contributed by atoms with Gasteiger partial charge < -0.3 is 4.90 Å². The summed E-state index contributed by atoms with van der Waals surface area (Å²) in [6.45, 7) is 5.68. The summed E-state index contributed by atoms with van der Waals surface area (Å²) in [6.07, 6.45) is 7.58. The third-order valence-corrected chi connectivity index (χ3v) is 4.35. The maximum atomic E-state index is 4.79. The summed E-state index contributed by atoms with van der Waals surface area (Å²) in [4.78, 5) is 15.5. The Morgan fingerprint density at radius 2 is 1.79 bits per heavy atom. The molecule has 2 heterocycles. The molecule has 0 aliphatic carbocycles. The number of allylic oxidation sites excluding steroid dienone is 3. The lowest BCUT2D eigenvalue weighted by atomic mass is 10.0. The molecule has 0 radical (unpaired) electrons. The van der Waals surface area contributed by atoms with Gasteiger partial charge in [-0.2, -0.15) is 0 Å². The van der Waals surface area contributed by atoms with Crippen molar-refractivity contribution in [2.24, 2.45) is 4.99 Å². The van der Waals surface area contributed by atoms with Gasteiger partial charge >= 0.3 is 0 Å². The minimum absolute atomic E-state index is 0.724. The molecule has 3 aromatic rings. The lowest BCUT2D eigenvalue weighted by Gasteiger charge is -2.14. The lowest BCUT2D eigenvalue weighted by Crippen LogP contribution is -2.07. The molecule has 28 heavy (non-hydrogen) atoms. The van der Waals surface area contributed by atoms with Crippen molar-refractivity contribution in [2.45, 2.75) is 6.92 Å². The molecular weight excluding hydrogens is 344 g/mol. The van der Waals surface area contributed by atoms with E-state index in [2.05, 4.69) is 51.9 Å². The molecule has 0 saturated heterocycles. The Labute approximate surface area is 166 Å². The molecule has 0 unspecified atom stereocenters. The van der Waals surface area contributed by atoms with E-state index in [9.17, 15) is 0 Å². The van der Waals surface area contributed by atoms with E-state index in [0.717, 1.165) is 39.6 Å². The molecule has 0 spiro atoms. The smallest absolute Gasteiger partial charge is 0.0900 e. The van der Waals surface area contributed by atoms with Crippen LogP contribution in [0.5, 0.6) is 0 Å². The molecule has 0 aliphatic heterocycles. The van der Waals surface area contributed by atoms with Crippen LogP contribution in [0.15, 0.2) is 84.0 Å². The molecule has 4 heteroatoms. The Morgan fingerprint density at radius 3 is 2.39 bits per heavy atom. The van der Waals surface area contributed by atoms with Gasteiger partial charge in [-0.05, 0) is 67.2 Å². The fraction of sp³-hybridized carbons (Fsp3) is 0.125. The van der Waals surface area contributed by atoms with Crippen LogP contribution in [-0.2, 0) is 0 Å². The number of aromatic nitrogens is 2. The molecule has 0 amide bonds. The minimum atomic E-state index is 0.724. The summed E-state index contributed by atoms with van der Waals surface area (Å²) in [6, 6.07) is 18.4. The molecular formula is C24H24N4. The number of nitrogens with zero attached hydrogens (tertiary/aromatic N) is 4. The molecule has 0 N–H and O–H groups in total. The zero-order valence-corrected chi connectivity index (χ0v) is 16.5. The summed E-state index contributed by atoms with van der Waals surface area (Å²) in [5.41, 5.74) is 6.45. The van der Waals surface area contributed by atoms with Crippen LogP contribution in [0.25, 0.3) is 28.2 Å². The highest BCUT2D eigenvalue weighted by Gasteiger charge is 2.10. The largest absolute Gasteiger partial charge is 0.378 e. The second-order valence-corrected chi connectivity index (χ2v) is 6.52. The standard InChI is InChI=1S/C24H24N4/c1-5-6-9-21(25-2)23-16-19(18-11-13-20(14-12-18)28(3)4)17-24(27-23)22-10-7-8-15-26-22/h5-17H,2H2,1,3-4H3/b6-5-,21-9-. The average molecular weight is 368 g/mol. The van der Waals surface area contributed by atoms with Gasteiger partial charge in [-0.1, -0.05) is 30.4 Å². The van der Waals surface area contributed by atoms with Crippen LogP contribution in [0.3, 0.4) is 0 Å². The van der Waals surface area contributed by atoms with Gasteiger partial charge in [-0.15, -0.1) is 0 Å². The van der Waals surface area contributed by atoms with E-state index < -0.39 is 0 Å². The first-order chi connectivity index (χ1) is 13.6. The summed E-state index contributed by atoms with van der Waals surface area (Å²) in [5, 5.41) is 0. The molecule has 0 saturated carbocycles. The van der Waals surface area contributed by atoms with E-state index in [-0.39, 0.29) is 0 Å². The maximum Gasteiger partial charge on any atom is 0.0900 e. The van der Waals surface area contributed by atoms with Crippen molar-refractivity contribution in [1.82, 2.24) is 9.97 Å². The number of pyridine rings is 2. The predicted octanol–water partition coefficient (Wildman–Crippen LogP) is 5.49. The quantitative estimate of drug-likeness (QED) is 0.426. The highest BCUT2D eigenvalue weighted by Crippen LogP contribution is 2.29. The van der Waals surface area contributed by atoms with Crippen LogP contribution < -0.4 is 4.90 Å². The summed E-state index contributed by atoms with van der Waals surface area (Å²) in [5.74, 6) is 0. The van der Waals surface area contributed by atoms with E-state index >= 15 is 0 Å². The fourth-order valence-corrected chi connectivity index (χ4v) is 2.83. The molecule has 0 aliphatic rings. The molecule has 3 rings (SSSR count). The number of hydrogen-bond acceptors (Lipinski definition) is 4. The van der Waals surface area contributed by atoms with Crippen molar-refractivity contribution in [3.8, 4) is 22.5 Å². The van der Waals surface area contributed by atoms with Crippen LogP contribution in [0, 0.1) is 0 Å². The van der Waals surface area contributed by atoms with E-state index in [1.807, 2.05) is 63.5 Å². The third-order valence-electron chi connectivity index (χ3n) is 4.35. The lowest BCUT2D eigenvalue weighted by molar-refractivity contribution is 1.13. The van der Waals surface area contributed by atoms with Crippen molar-refractivity contribution < 1.29 is 0 Å². The highest BCUT2D eigenvalue weighted by atomic mass is 15.1. The molecule has 0 fully saturated rings. The van der Waals surface area contributed by atoms with Gasteiger partial charge in [0.05, 0.1) is 22.8 Å². The zero-order valence-electron chi connectivity index (χ0n) is 16.5. The minimum Gasteiger partial charge on any atom is -0.378 e. The molecule has 4 nitrogen and oxygen atoms in total. The zero-order chi connectivity index (χ0) is 19.9. The number of aliphatic imine (C=N–C) groups is 1. The van der Waals surface area contributed by atoms with Gasteiger partial charge in [-0.25, -0.2) is 4.98 Å². The second-order valence-electron chi connectivity index (χ2n) is 6.52. The number of anilines is 1. The van der Waals surface area contributed by atoms with E-state index in [1.54, 1.807) is 6.20 Å². The number of benzene rings is 1. The monoisotopic (exact) mass is 368 g/mol. The first kappa shape index (κ1) is 19.2. The van der Waals surface area contributed by atoms with Gasteiger partial charge in [0.15, 0.2) is 0 Å². The van der Waals surface area contributed by atoms with Crippen LogP contribution in [-0.4, -0.2) is 30.8 Å². The maximum absolute atomic E-state index is 4.79. The van der Waals surface area contributed by atoms with E-state index in [1.165, 1.54) is 0 Å². The third kappa shape index (κ3) is 4.41. The van der Waals surface area contributed by atoms with Crippen molar-refractivity contribution >= 4 is 18.1 Å². The first-order valence-corrected chi connectivity index (χ1v) is 9.13. The Bertz CT molecular complexity index is 1000. The molecule has 140 valence electrons. The van der Waals surface area contributed by atoms with Crippen molar-refractivity contribution in [1.29, 1.82) is 0 Å². The van der Waals surface area contributed by atoms with Crippen LogP contribution >= 0.6 is 0 Å². The Morgan fingerprint density at radius 1 is 1.00 bits per heavy atom. The summed E-state index contributed by atoms with van der Waals surface area (Å²) >= 11 is 0. The SMILES string of the molecule is C=N/C(=C\C=C/C)c1cc(-c2ccc(N(C)C)cc2)cc(-c2ccccn2)n1. The Balaban J connectivity index is 2.16. The second kappa shape index (κ2) is 8.91. The Kier molecular flexibility index (Phi) is 6.12. The van der Waals surface area contributed by atoms with Gasteiger partial charge in [-0.3, -0.25) is 9.98 Å². The highest BCUT2D eigenvalue weighted by molar-refractivity contribution is 5.77. The molecule has 2 aromatic heterocycles. The first-order valence-electron chi connectivity index (χ1n) is 9.13. The number of hydrogen-bond donors (Lipinski definition) is 0. The topological polar surface area (TPSA) is 41.4 Å². The van der Waals surface area contributed by atoms with E-state index in [4.69, 9.17) is 4.98 Å². The van der Waals surface area contributed by atoms with E-state index in [0.29, 0.717) is 0 Å².